The number of H-pyrrole nitrogens is 1. The smallest absolute Gasteiger partial charge is 0.146 e. The summed E-state index contributed by atoms with van der Waals surface area (Å²) >= 11 is 0. The minimum atomic E-state index is 0.865. The van der Waals surface area contributed by atoms with E-state index in [1.807, 2.05) is 13.0 Å². The van der Waals surface area contributed by atoms with Crippen molar-refractivity contribution in [3.63, 3.8) is 0 Å². The first-order valence-electron chi connectivity index (χ1n) is 5.56. The van der Waals surface area contributed by atoms with Crippen LogP contribution in [0.2, 0.25) is 0 Å². The van der Waals surface area contributed by atoms with E-state index in [0.717, 1.165) is 36.0 Å². The molecule has 16 heavy (non-hydrogen) atoms. The molecular formula is C14H13NO. The fourth-order valence-electron chi connectivity index (χ4n) is 2.53. The molecule has 2 aromatic rings. The number of carbonyl (C=O) groups excluding carboxylic acids is 1. The lowest BCUT2D eigenvalue weighted by Gasteiger charge is -2.14. The van der Waals surface area contributed by atoms with Gasteiger partial charge in [0, 0.05) is 16.6 Å². The van der Waals surface area contributed by atoms with Crippen LogP contribution in [-0.4, -0.2) is 11.3 Å². The molecule has 1 aliphatic carbocycles. The number of aromatic nitrogens is 1. The predicted molar refractivity (Wildman–Crippen MR) is 65.3 cm³/mol. The number of fused-ring (bicyclic) bond motifs is 3. The van der Waals surface area contributed by atoms with Crippen LogP contribution in [0.1, 0.15) is 24.6 Å². The first-order valence-corrected chi connectivity index (χ1v) is 5.56. The average Bonchev–Trinajstić information content (AvgIpc) is 2.69. The molecule has 1 aliphatic rings. The molecule has 0 spiro atoms. The average molecular weight is 211 g/mol. The van der Waals surface area contributed by atoms with Gasteiger partial charge in [-0.3, -0.25) is 4.79 Å². The van der Waals surface area contributed by atoms with E-state index in [9.17, 15) is 4.79 Å². The first-order chi connectivity index (χ1) is 7.81. The number of benzene rings is 1. The van der Waals surface area contributed by atoms with Crippen LogP contribution in [0.25, 0.3) is 16.5 Å². The standard InChI is InChI=1S/C14H13NO/c1-9-10(8-16)6-7-12-11-4-2-3-5-13(11)15-14(9)12/h2-5,8,15H,6-7H2,1H3. The van der Waals surface area contributed by atoms with E-state index < -0.39 is 0 Å². The van der Waals surface area contributed by atoms with Gasteiger partial charge >= 0.3 is 0 Å². The van der Waals surface area contributed by atoms with Crippen molar-refractivity contribution in [2.24, 2.45) is 0 Å². The van der Waals surface area contributed by atoms with Gasteiger partial charge in [0.2, 0.25) is 0 Å². The Bertz CT molecular complexity index is 604. The summed E-state index contributed by atoms with van der Waals surface area (Å²) in [7, 11) is 0. The Morgan fingerprint density at radius 1 is 1.25 bits per heavy atom. The van der Waals surface area contributed by atoms with Gasteiger partial charge in [-0.15, -0.1) is 0 Å². The number of allylic oxidation sites excluding steroid dienone is 2. The Morgan fingerprint density at radius 2 is 2.06 bits per heavy atom. The van der Waals surface area contributed by atoms with E-state index in [2.05, 4.69) is 23.2 Å². The summed E-state index contributed by atoms with van der Waals surface area (Å²) in [6.45, 7) is 2.02. The minimum Gasteiger partial charge on any atom is -0.355 e. The molecule has 0 fully saturated rings. The lowest BCUT2D eigenvalue weighted by atomic mass is 9.90. The molecular weight excluding hydrogens is 198 g/mol. The molecule has 1 heterocycles. The van der Waals surface area contributed by atoms with E-state index in [1.165, 1.54) is 16.5 Å². The molecule has 3 rings (SSSR count). The summed E-state index contributed by atoms with van der Waals surface area (Å²) in [5.74, 6) is 0. The number of nitrogens with one attached hydrogen (secondary N) is 1. The maximum atomic E-state index is 10.9. The quantitative estimate of drug-likeness (QED) is 0.722. The maximum absolute atomic E-state index is 10.9. The Kier molecular flexibility index (Phi) is 1.96. The highest BCUT2D eigenvalue weighted by molar-refractivity contribution is 5.95. The van der Waals surface area contributed by atoms with Gasteiger partial charge in [-0.05, 0) is 42.5 Å². The van der Waals surface area contributed by atoms with Crippen molar-refractivity contribution < 1.29 is 4.79 Å². The largest absolute Gasteiger partial charge is 0.355 e. The summed E-state index contributed by atoms with van der Waals surface area (Å²) < 4.78 is 0. The van der Waals surface area contributed by atoms with Crippen LogP contribution in [-0.2, 0) is 11.2 Å². The molecule has 0 unspecified atom stereocenters. The van der Waals surface area contributed by atoms with Crippen LogP contribution < -0.4 is 0 Å². The van der Waals surface area contributed by atoms with Crippen molar-refractivity contribution in [1.29, 1.82) is 0 Å². The SMILES string of the molecule is CC1=C(C=O)CCc2c1[nH]c1ccccc21. The number of aryl methyl sites for hydroxylation is 1. The molecule has 2 heteroatoms. The van der Waals surface area contributed by atoms with Crippen LogP contribution in [0, 0.1) is 0 Å². The molecule has 0 radical (unpaired) electrons. The monoisotopic (exact) mass is 211 g/mol. The third-order valence-electron chi connectivity index (χ3n) is 3.46. The number of rotatable bonds is 1. The third kappa shape index (κ3) is 1.16. The number of carbonyl (C=O) groups is 1. The van der Waals surface area contributed by atoms with E-state index in [4.69, 9.17) is 0 Å². The molecule has 0 saturated heterocycles. The van der Waals surface area contributed by atoms with Gasteiger partial charge < -0.3 is 4.98 Å². The molecule has 1 aromatic carbocycles. The van der Waals surface area contributed by atoms with Crippen LogP contribution in [0.15, 0.2) is 29.8 Å². The van der Waals surface area contributed by atoms with Crippen molar-refractivity contribution in [3.8, 4) is 0 Å². The number of hydrogen-bond donors (Lipinski definition) is 1. The zero-order valence-electron chi connectivity index (χ0n) is 9.21. The van der Waals surface area contributed by atoms with Gasteiger partial charge in [-0.1, -0.05) is 18.2 Å². The fourth-order valence-corrected chi connectivity index (χ4v) is 2.53. The highest BCUT2D eigenvalue weighted by atomic mass is 16.1. The molecule has 80 valence electrons. The summed E-state index contributed by atoms with van der Waals surface area (Å²) in [5, 5.41) is 1.29. The van der Waals surface area contributed by atoms with E-state index in [-0.39, 0.29) is 0 Å². The first kappa shape index (κ1) is 9.40. The summed E-state index contributed by atoms with van der Waals surface area (Å²) in [4.78, 5) is 14.3. The molecule has 0 bridgehead atoms. The topological polar surface area (TPSA) is 32.9 Å². The summed E-state index contributed by atoms with van der Waals surface area (Å²) in [5.41, 5.74) is 5.71. The maximum Gasteiger partial charge on any atom is 0.146 e. The van der Waals surface area contributed by atoms with E-state index in [0.29, 0.717) is 0 Å². The molecule has 0 amide bonds. The molecule has 1 N–H and O–H groups in total. The molecule has 2 nitrogen and oxygen atoms in total. The van der Waals surface area contributed by atoms with Gasteiger partial charge in [0.05, 0.1) is 0 Å². The van der Waals surface area contributed by atoms with Gasteiger partial charge in [0.1, 0.15) is 6.29 Å². The molecule has 1 aromatic heterocycles. The van der Waals surface area contributed by atoms with Crippen molar-refractivity contribution in [2.45, 2.75) is 19.8 Å². The Labute approximate surface area is 94.0 Å². The molecule has 0 aliphatic heterocycles. The van der Waals surface area contributed by atoms with Crippen LogP contribution in [0.4, 0.5) is 0 Å². The Morgan fingerprint density at radius 3 is 2.88 bits per heavy atom. The normalized spacial score (nSPS) is 15.3. The van der Waals surface area contributed by atoms with Crippen molar-refractivity contribution >= 4 is 22.8 Å². The lowest BCUT2D eigenvalue weighted by Crippen LogP contribution is -2.03. The fraction of sp³-hybridized carbons (Fsp3) is 0.214. The van der Waals surface area contributed by atoms with E-state index >= 15 is 0 Å². The summed E-state index contributed by atoms with van der Waals surface area (Å²) in [6, 6.07) is 8.32. The highest BCUT2D eigenvalue weighted by Gasteiger charge is 2.19. The Balaban J connectivity index is 2.34. The van der Waals surface area contributed by atoms with Crippen LogP contribution in [0.3, 0.4) is 0 Å². The number of para-hydroxylation sites is 1. The Hall–Kier alpha value is -1.83. The number of aldehydes is 1. The van der Waals surface area contributed by atoms with Crippen LogP contribution in [0.5, 0.6) is 0 Å². The predicted octanol–water partition coefficient (Wildman–Crippen LogP) is 3.09. The van der Waals surface area contributed by atoms with E-state index in [1.54, 1.807) is 0 Å². The number of hydrogen-bond acceptors (Lipinski definition) is 1. The summed E-state index contributed by atoms with van der Waals surface area (Å²) in [6.07, 6.45) is 2.82. The lowest BCUT2D eigenvalue weighted by molar-refractivity contribution is -0.105. The van der Waals surface area contributed by atoms with Crippen molar-refractivity contribution in [2.75, 3.05) is 0 Å². The highest BCUT2D eigenvalue weighted by Crippen LogP contribution is 2.34. The van der Waals surface area contributed by atoms with Gasteiger partial charge in [-0.2, -0.15) is 0 Å². The zero-order valence-corrected chi connectivity index (χ0v) is 9.21. The second kappa shape index (κ2) is 3.34. The van der Waals surface area contributed by atoms with Crippen molar-refractivity contribution in [3.05, 3.63) is 41.1 Å². The van der Waals surface area contributed by atoms with Gasteiger partial charge in [0.25, 0.3) is 0 Å². The minimum absolute atomic E-state index is 0.865. The van der Waals surface area contributed by atoms with Crippen LogP contribution >= 0.6 is 0 Å². The third-order valence-corrected chi connectivity index (χ3v) is 3.46. The molecule has 0 saturated carbocycles. The zero-order chi connectivity index (χ0) is 11.1. The second-order valence-electron chi connectivity index (χ2n) is 4.29. The van der Waals surface area contributed by atoms with Gasteiger partial charge in [0.15, 0.2) is 0 Å². The van der Waals surface area contributed by atoms with Gasteiger partial charge in [-0.25, -0.2) is 0 Å². The van der Waals surface area contributed by atoms with Crippen molar-refractivity contribution in [1.82, 2.24) is 4.98 Å². The number of aromatic amines is 1. The second-order valence-corrected chi connectivity index (χ2v) is 4.29. The molecule has 0 atom stereocenters.